The van der Waals surface area contributed by atoms with Gasteiger partial charge in [-0.15, -0.1) is 0 Å². The van der Waals surface area contributed by atoms with Crippen LogP contribution in [0.2, 0.25) is 0 Å². The summed E-state index contributed by atoms with van der Waals surface area (Å²) >= 11 is 0. The minimum atomic E-state index is -3.03. The molecule has 7 heteroatoms. The van der Waals surface area contributed by atoms with Gasteiger partial charge in [-0.05, 0) is 25.5 Å². The second-order valence-corrected chi connectivity index (χ2v) is 7.28. The number of aromatic carboxylic acids is 1. The van der Waals surface area contributed by atoms with Gasteiger partial charge in [-0.3, -0.25) is 0 Å². The fourth-order valence-electron chi connectivity index (χ4n) is 2.29. The fourth-order valence-corrected chi connectivity index (χ4v) is 4.39. The molecule has 1 aromatic rings. The minimum absolute atomic E-state index is 0.00875. The Bertz CT molecular complexity index is 627. The highest BCUT2D eigenvalue weighted by molar-refractivity contribution is 7.91. The largest absolute Gasteiger partial charge is 0.478 e. The van der Waals surface area contributed by atoms with Crippen molar-refractivity contribution < 1.29 is 18.3 Å². The summed E-state index contributed by atoms with van der Waals surface area (Å²) in [6, 6.07) is 4.64. The van der Waals surface area contributed by atoms with E-state index in [1.165, 1.54) is 6.07 Å². The van der Waals surface area contributed by atoms with E-state index in [1.54, 1.807) is 19.1 Å². The number of carbonyl (C=O) groups is 1. The van der Waals surface area contributed by atoms with Crippen molar-refractivity contribution in [2.75, 3.05) is 22.6 Å². The number of rotatable bonds is 3. The summed E-state index contributed by atoms with van der Waals surface area (Å²) in [7, 11) is -3.03. The highest BCUT2D eigenvalue weighted by atomic mass is 32.2. The molecule has 2 rings (SSSR count). The third-order valence-electron chi connectivity index (χ3n) is 3.28. The van der Waals surface area contributed by atoms with Gasteiger partial charge in [-0.2, -0.15) is 0 Å². The molecule has 0 radical (unpaired) electrons. The number of carboxylic acids is 1. The third-order valence-corrected chi connectivity index (χ3v) is 5.18. The van der Waals surface area contributed by atoms with Crippen LogP contribution >= 0.6 is 0 Å². The molecule has 0 amide bonds. The second-order valence-electron chi connectivity index (χ2n) is 5.10. The molecule has 0 saturated carbocycles. The topological polar surface area (TPSA) is 109 Å². The van der Waals surface area contributed by atoms with Crippen molar-refractivity contribution in [3.05, 3.63) is 23.8 Å². The summed E-state index contributed by atoms with van der Waals surface area (Å²) in [6.45, 7) is 1.80. The Hall–Kier alpha value is -1.76. The van der Waals surface area contributed by atoms with Crippen LogP contribution in [0, 0.1) is 0 Å². The molecule has 0 bridgehead atoms. The van der Waals surface area contributed by atoms with Gasteiger partial charge >= 0.3 is 5.97 Å². The van der Waals surface area contributed by atoms with Crippen LogP contribution in [0.15, 0.2) is 18.2 Å². The first-order valence-electron chi connectivity index (χ1n) is 5.83. The number of sulfone groups is 1. The van der Waals surface area contributed by atoms with Crippen molar-refractivity contribution in [1.29, 1.82) is 0 Å². The van der Waals surface area contributed by atoms with E-state index in [2.05, 4.69) is 5.32 Å². The van der Waals surface area contributed by atoms with E-state index in [9.17, 15) is 13.2 Å². The maximum Gasteiger partial charge on any atom is 0.337 e. The van der Waals surface area contributed by atoms with Gasteiger partial charge in [-0.25, -0.2) is 13.2 Å². The lowest BCUT2D eigenvalue weighted by molar-refractivity contribution is 0.0698. The van der Waals surface area contributed by atoms with Crippen molar-refractivity contribution in [3.63, 3.8) is 0 Å². The Morgan fingerprint density at radius 1 is 1.47 bits per heavy atom. The number of benzene rings is 1. The molecule has 1 fully saturated rings. The maximum absolute atomic E-state index is 11.5. The Kier molecular flexibility index (Phi) is 3.17. The maximum atomic E-state index is 11.5. The Morgan fingerprint density at radius 2 is 2.16 bits per heavy atom. The molecular formula is C12H16N2O4S. The van der Waals surface area contributed by atoms with E-state index in [1.807, 2.05) is 0 Å². The molecule has 1 unspecified atom stereocenters. The summed E-state index contributed by atoms with van der Waals surface area (Å²) in [5.74, 6) is -0.948. The predicted molar refractivity (Wildman–Crippen MR) is 73.1 cm³/mol. The molecule has 1 aliphatic rings. The number of nitrogens with one attached hydrogen (secondary N) is 1. The molecule has 0 aromatic heterocycles. The summed E-state index contributed by atoms with van der Waals surface area (Å²) in [5, 5.41) is 12.1. The van der Waals surface area contributed by atoms with Gasteiger partial charge in [0.25, 0.3) is 0 Å². The minimum Gasteiger partial charge on any atom is -0.478 e. The second kappa shape index (κ2) is 4.41. The molecular weight excluding hydrogens is 268 g/mol. The summed E-state index contributed by atoms with van der Waals surface area (Å²) in [6.07, 6.45) is 0.478. The van der Waals surface area contributed by atoms with Gasteiger partial charge in [0, 0.05) is 5.54 Å². The third kappa shape index (κ3) is 2.81. The quantitative estimate of drug-likeness (QED) is 0.713. The Balaban J connectivity index is 2.30. The van der Waals surface area contributed by atoms with Crippen molar-refractivity contribution >= 4 is 27.2 Å². The summed E-state index contributed by atoms with van der Waals surface area (Å²) in [5.41, 5.74) is 5.78. The molecule has 1 atom stereocenters. The lowest BCUT2D eigenvalue weighted by atomic mass is 10.0. The van der Waals surface area contributed by atoms with Gasteiger partial charge < -0.3 is 16.2 Å². The van der Waals surface area contributed by atoms with Gasteiger partial charge in [0.1, 0.15) is 0 Å². The average molecular weight is 284 g/mol. The molecule has 1 heterocycles. The number of anilines is 2. The van der Waals surface area contributed by atoms with Crippen LogP contribution in [0.25, 0.3) is 0 Å². The zero-order valence-electron chi connectivity index (χ0n) is 10.5. The number of nitrogen functional groups attached to an aromatic ring is 1. The van der Waals surface area contributed by atoms with Crippen molar-refractivity contribution in [1.82, 2.24) is 0 Å². The SMILES string of the molecule is CC1(Nc2cccc(C(=O)O)c2N)CCS(=O)(=O)C1. The van der Waals surface area contributed by atoms with Crippen LogP contribution in [0.4, 0.5) is 11.4 Å². The molecule has 6 nitrogen and oxygen atoms in total. The molecule has 4 N–H and O–H groups in total. The highest BCUT2D eigenvalue weighted by Gasteiger charge is 2.38. The summed E-state index contributed by atoms with van der Waals surface area (Å²) in [4.78, 5) is 11.0. The lowest BCUT2D eigenvalue weighted by Gasteiger charge is -2.26. The van der Waals surface area contributed by atoms with E-state index in [-0.39, 0.29) is 22.8 Å². The first-order valence-corrected chi connectivity index (χ1v) is 7.65. The molecule has 19 heavy (non-hydrogen) atoms. The zero-order valence-corrected chi connectivity index (χ0v) is 11.3. The van der Waals surface area contributed by atoms with Crippen LogP contribution in [-0.4, -0.2) is 36.5 Å². The highest BCUT2D eigenvalue weighted by Crippen LogP contribution is 2.31. The van der Waals surface area contributed by atoms with Gasteiger partial charge in [0.2, 0.25) is 0 Å². The van der Waals surface area contributed by atoms with Gasteiger partial charge in [-0.1, -0.05) is 6.07 Å². The smallest absolute Gasteiger partial charge is 0.337 e. The van der Waals surface area contributed by atoms with Crippen LogP contribution in [-0.2, 0) is 9.84 Å². The Morgan fingerprint density at radius 3 is 2.68 bits per heavy atom. The number of carboxylic acid groups (broad SMARTS) is 1. The predicted octanol–water partition coefficient (Wildman–Crippen LogP) is 0.956. The molecule has 1 aliphatic heterocycles. The van der Waals surface area contributed by atoms with Crippen molar-refractivity contribution in [3.8, 4) is 0 Å². The molecule has 1 saturated heterocycles. The number of hydrogen-bond acceptors (Lipinski definition) is 5. The number of hydrogen-bond donors (Lipinski definition) is 3. The first-order chi connectivity index (χ1) is 8.72. The van der Waals surface area contributed by atoms with Gasteiger partial charge in [0.15, 0.2) is 9.84 Å². The van der Waals surface area contributed by atoms with Crippen molar-refractivity contribution in [2.24, 2.45) is 0 Å². The lowest BCUT2D eigenvalue weighted by Crippen LogP contribution is -2.36. The number of nitrogens with two attached hydrogens (primary N) is 1. The van der Waals surface area contributed by atoms with Crippen LogP contribution in [0.3, 0.4) is 0 Å². The Labute approximate surface area is 111 Å². The van der Waals surface area contributed by atoms with E-state index in [0.717, 1.165) is 0 Å². The fraction of sp³-hybridized carbons (Fsp3) is 0.417. The van der Waals surface area contributed by atoms with Crippen LogP contribution in [0.5, 0.6) is 0 Å². The van der Waals surface area contributed by atoms with Crippen LogP contribution in [0.1, 0.15) is 23.7 Å². The number of para-hydroxylation sites is 1. The zero-order chi connectivity index (χ0) is 14.3. The van der Waals surface area contributed by atoms with E-state index in [4.69, 9.17) is 10.8 Å². The van der Waals surface area contributed by atoms with Crippen LogP contribution < -0.4 is 11.1 Å². The monoisotopic (exact) mass is 284 g/mol. The first kappa shape index (κ1) is 13.7. The normalized spacial score (nSPS) is 25.1. The molecule has 0 spiro atoms. The molecule has 0 aliphatic carbocycles. The molecule has 104 valence electrons. The van der Waals surface area contributed by atoms with E-state index < -0.39 is 21.3 Å². The van der Waals surface area contributed by atoms with Gasteiger partial charge in [0.05, 0.1) is 28.4 Å². The van der Waals surface area contributed by atoms with Crippen molar-refractivity contribution in [2.45, 2.75) is 18.9 Å². The average Bonchev–Trinajstić information content (AvgIpc) is 2.56. The van der Waals surface area contributed by atoms with E-state index >= 15 is 0 Å². The van der Waals surface area contributed by atoms with E-state index in [0.29, 0.717) is 12.1 Å². The summed E-state index contributed by atoms with van der Waals surface area (Å²) < 4.78 is 23.1. The standard InChI is InChI=1S/C12H16N2O4S/c1-12(5-6-19(17,18)7-12)14-9-4-2-3-8(10(9)13)11(15)16/h2-4,14H,5-7,13H2,1H3,(H,15,16). The molecule has 1 aromatic carbocycles.